The minimum Gasteiger partial charge on any atom is -0.319 e. The second-order valence-corrected chi connectivity index (χ2v) is 5.88. The van der Waals surface area contributed by atoms with Crippen LogP contribution in [0.2, 0.25) is 0 Å². The van der Waals surface area contributed by atoms with E-state index < -0.39 is 0 Å². The number of carbonyl (C=O) groups excluding carboxylic acids is 1. The summed E-state index contributed by atoms with van der Waals surface area (Å²) >= 11 is 0. The molecule has 1 aliphatic rings. The topological polar surface area (TPSA) is 35.6 Å². The third kappa shape index (κ3) is 3.19. The Morgan fingerprint density at radius 2 is 2.10 bits per heavy atom. The zero-order valence-corrected chi connectivity index (χ0v) is 12.9. The molecule has 2 unspecified atom stereocenters. The molecule has 0 saturated carbocycles. The lowest BCUT2D eigenvalue weighted by Gasteiger charge is -2.32. The fourth-order valence-electron chi connectivity index (χ4n) is 2.76. The van der Waals surface area contributed by atoms with Crippen LogP contribution in [0.3, 0.4) is 0 Å². The number of amides is 1. The van der Waals surface area contributed by atoms with Crippen LogP contribution >= 0.6 is 0 Å². The van der Waals surface area contributed by atoms with Crippen molar-refractivity contribution in [2.24, 2.45) is 0 Å². The van der Waals surface area contributed by atoms with Crippen LogP contribution in [0.15, 0.2) is 24.3 Å². The second kappa shape index (κ2) is 6.37. The molecule has 2 atom stereocenters. The number of nitrogens with zero attached hydrogens (tertiary/aromatic N) is 2. The smallest absolute Gasteiger partial charge is 0.238 e. The van der Waals surface area contributed by atoms with E-state index in [0.717, 1.165) is 13.0 Å². The highest BCUT2D eigenvalue weighted by molar-refractivity contribution is 5.81. The van der Waals surface area contributed by atoms with Gasteiger partial charge in [-0.15, -0.1) is 0 Å². The largest absolute Gasteiger partial charge is 0.319 e. The van der Waals surface area contributed by atoms with E-state index in [1.54, 1.807) is 0 Å². The quantitative estimate of drug-likeness (QED) is 0.889. The van der Waals surface area contributed by atoms with Crippen LogP contribution < -0.4 is 5.32 Å². The first-order valence-corrected chi connectivity index (χ1v) is 7.25. The molecular formula is C16H25N3O. The van der Waals surface area contributed by atoms with Gasteiger partial charge in [0.05, 0.1) is 6.54 Å². The standard InChI is InChI=1S/C16H25N3O/c1-12-7-5-6-8-14(12)16-17-11-15(20)19(16)13(2)9-10-18(3)4/h5-8,13,16-17H,9-11H2,1-4H3. The Morgan fingerprint density at radius 1 is 1.40 bits per heavy atom. The van der Waals surface area contributed by atoms with Crippen molar-refractivity contribution in [3.8, 4) is 0 Å². The van der Waals surface area contributed by atoms with Crippen molar-refractivity contribution in [3.63, 3.8) is 0 Å². The Balaban J connectivity index is 2.16. The fraction of sp³-hybridized carbons (Fsp3) is 0.562. The highest BCUT2D eigenvalue weighted by atomic mass is 16.2. The first-order chi connectivity index (χ1) is 9.50. The minimum absolute atomic E-state index is 0.0147. The van der Waals surface area contributed by atoms with Gasteiger partial charge >= 0.3 is 0 Å². The molecule has 4 heteroatoms. The van der Waals surface area contributed by atoms with E-state index in [-0.39, 0.29) is 18.1 Å². The molecule has 1 aliphatic heterocycles. The number of benzene rings is 1. The van der Waals surface area contributed by atoms with E-state index in [1.165, 1.54) is 11.1 Å². The Labute approximate surface area is 121 Å². The van der Waals surface area contributed by atoms with Crippen LogP contribution in [0.1, 0.15) is 30.6 Å². The number of rotatable bonds is 5. The highest BCUT2D eigenvalue weighted by Crippen LogP contribution is 2.27. The number of aryl methyl sites for hydroxylation is 1. The van der Waals surface area contributed by atoms with Crippen LogP contribution in [-0.2, 0) is 4.79 Å². The van der Waals surface area contributed by atoms with Gasteiger partial charge < -0.3 is 9.80 Å². The molecule has 1 aromatic rings. The first-order valence-electron chi connectivity index (χ1n) is 7.25. The van der Waals surface area contributed by atoms with Gasteiger partial charge in [0.2, 0.25) is 5.91 Å². The molecule has 0 spiro atoms. The van der Waals surface area contributed by atoms with Crippen molar-refractivity contribution < 1.29 is 4.79 Å². The Hall–Kier alpha value is -1.39. The molecule has 1 aromatic carbocycles. The third-order valence-corrected chi connectivity index (χ3v) is 3.96. The van der Waals surface area contributed by atoms with Crippen LogP contribution in [0, 0.1) is 6.92 Å². The SMILES string of the molecule is Cc1ccccc1C1NCC(=O)N1C(C)CCN(C)C. The van der Waals surface area contributed by atoms with E-state index in [1.807, 2.05) is 17.0 Å². The van der Waals surface area contributed by atoms with Gasteiger partial charge in [-0.2, -0.15) is 0 Å². The average molecular weight is 275 g/mol. The van der Waals surface area contributed by atoms with Crippen LogP contribution in [0.4, 0.5) is 0 Å². The number of hydrogen-bond acceptors (Lipinski definition) is 3. The molecule has 1 heterocycles. The molecular weight excluding hydrogens is 250 g/mol. The zero-order valence-electron chi connectivity index (χ0n) is 12.9. The molecule has 110 valence electrons. The maximum Gasteiger partial charge on any atom is 0.238 e. The van der Waals surface area contributed by atoms with Gasteiger partial charge in [-0.25, -0.2) is 0 Å². The van der Waals surface area contributed by atoms with E-state index >= 15 is 0 Å². The molecule has 4 nitrogen and oxygen atoms in total. The summed E-state index contributed by atoms with van der Waals surface area (Å²) in [6.45, 7) is 5.67. The van der Waals surface area contributed by atoms with Gasteiger partial charge in [-0.05, 0) is 52.0 Å². The summed E-state index contributed by atoms with van der Waals surface area (Å²) in [6.07, 6.45) is 1.00. The van der Waals surface area contributed by atoms with Gasteiger partial charge in [0.15, 0.2) is 0 Å². The summed E-state index contributed by atoms with van der Waals surface area (Å²) < 4.78 is 0. The monoisotopic (exact) mass is 275 g/mol. The van der Waals surface area contributed by atoms with Gasteiger partial charge in [0, 0.05) is 6.04 Å². The molecule has 0 bridgehead atoms. The van der Waals surface area contributed by atoms with Crippen molar-refractivity contribution in [2.75, 3.05) is 27.2 Å². The van der Waals surface area contributed by atoms with Crippen LogP contribution in [0.5, 0.6) is 0 Å². The molecule has 0 radical (unpaired) electrons. The zero-order chi connectivity index (χ0) is 14.7. The van der Waals surface area contributed by atoms with Crippen molar-refractivity contribution in [3.05, 3.63) is 35.4 Å². The van der Waals surface area contributed by atoms with Gasteiger partial charge in [0.1, 0.15) is 6.17 Å². The van der Waals surface area contributed by atoms with E-state index in [0.29, 0.717) is 6.54 Å². The molecule has 0 aliphatic carbocycles. The fourth-order valence-corrected chi connectivity index (χ4v) is 2.76. The van der Waals surface area contributed by atoms with Crippen molar-refractivity contribution in [1.29, 1.82) is 0 Å². The molecule has 1 fully saturated rings. The summed E-state index contributed by atoms with van der Waals surface area (Å²) in [5.74, 6) is 0.199. The van der Waals surface area contributed by atoms with Crippen molar-refractivity contribution in [2.45, 2.75) is 32.5 Å². The maximum atomic E-state index is 12.2. The third-order valence-electron chi connectivity index (χ3n) is 3.96. The summed E-state index contributed by atoms with van der Waals surface area (Å²) in [4.78, 5) is 16.4. The molecule has 1 amide bonds. The van der Waals surface area contributed by atoms with Gasteiger partial charge in [-0.3, -0.25) is 10.1 Å². The minimum atomic E-state index is 0.0147. The van der Waals surface area contributed by atoms with Crippen molar-refractivity contribution in [1.82, 2.24) is 15.1 Å². The second-order valence-electron chi connectivity index (χ2n) is 5.88. The Kier molecular flexibility index (Phi) is 4.78. The van der Waals surface area contributed by atoms with E-state index in [9.17, 15) is 4.79 Å². The van der Waals surface area contributed by atoms with Gasteiger partial charge in [-0.1, -0.05) is 24.3 Å². The Morgan fingerprint density at radius 3 is 2.75 bits per heavy atom. The summed E-state index contributed by atoms with van der Waals surface area (Å²) in [5, 5.41) is 3.34. The van der Waals surface area contributed by atoms with E-state index in [4.69, 9.17) is 0 Å². The van der Waals surface area contributed by atoms with Crippen LogP contribution in [0.25, 0.3) is 0 Å². The lowest BCUT2D eigenvalue weighted by molar-refractivity contribution is -0.130. The normalized spacial score (nSPS) is 20.8. The summed E-state index contributed by atoms with van der Waals surface area (Å²) in [5.41, 5.74) is 2.43. The molecule has 1 N–H and O–H groups in total. The first kappa shape index (κ1) is 15.0. The predicted molar refractivity (Wildman–Crippen MR) is 81.4 cm³/mol. The predicted octanol–water partition coefficient (Wildman–Crippen LogP) is 1.77. The van der Waals surface area contributed by atoms with Crippen LogP contribution in [-0.4, -0.2) is 48.9 Å². The number of carbonyl (C=O) groups is 1. The molecule has 2 rings (SSSR count). The van der Waals surface area contributed by atoms with Gasteiger partial charge in [0.25, 0.3) is 0 Å². The maximum absolute atomic E-state index is 12.2. The van der Waals surface area contributed by atoms with Crippen molar-refractivity contribution >= 4 is 5.91 Å². The Bertz CT molecular complexity index is 473. The lowest BCUT2D eigenvalue weighted by Crippen LogP contribution is -2.39. The molecule has 0 aromatic heterocycles. The molecule has 1 saturated heterocycles. The number of hydrogen-bond donors (Lipinski definition) is 1. The lowest BCUT2D eigenvalue weighted by atomic mass is 10.0. The summed E-state index contributed by atoms with van der Waals surface area (Å²) in [6, 6.07) is 8.52. The highest BCUT2D eigenvalue weighted by Gasteiger charge is 2.35. The molecule has 20 heavy (non-hydrogen) atoms. The van der Waals surface area contributed by atoms with E-state index in [2.05, 4.69) is 50.3 Å². The average Bonchev–Trinajstić information content (AvgIpc) is 2.78. The summed E-state index contributed by atoms with van der Waals surface area (Å²) in [7, 11) is 4.13. The number of nitrogens with one attached hydrogen (secondary N) is 1.